The molecule has 0 unspecified atom stereocenters. The number of piperidine rings is 1. The minimum atomic E-state index is 0.254. The first kappa shape index (κ1) is 21.6. The van der Waals surface area contributed by atoms with Crippen molar-refractivity contribution < 1.29 is 4.79 Å². The van der Waals surface area contributed by atoms with Gasteiger partial charge < -0.3 is 9.47 Å². The summed E-state index contributed by atoms with van der Waals surface area (Å²) < 4.78 is 2.43. The number of anilines is 1. The molecule has 3 fully saturated rings. The molecule has 2 bridgehead atoms. The molecule has 2 atom stereocenters. The normalized spacial score (nSPS) is 25.4. The number of carbonyl (C=O) groups excluding carboxylic acids is 1. The Bertz CT molecular complexity index is 921. The average molecular weight is 436 g/mol. The highest BCUT2D eigenvalue weighted by Gasteiger charge is 2.42. The van der Waals surface area contributed by atoms with Crippen molar-refractivity contribution in [2.24, 2.45) is 5.92 Å². The molecule has 0 spiro atoms. The number of nitrogens with zero attached hydrogens (tertiary/aromatic N) is 5. The van der Waals surface area contributed by atoms with E-state index in [0.29, 0.717) is 30.0 Å². The third-order valence-electron chi connectivity index (χ3n) is 7.69. The number of amides is 1. The molecule has 32 heavy (non-hydrogen) atoms. The van der Waals surface area contributed by atoms with Crippen LogP contribution < -0.4 is 4.90 Å². The van der Waals surface area contributed by atoms with Gasteiger partial charge in [0.05, 0.1) is 0 Å². The van der Waals surface area contributed by atoms with Gasteiger partial charge in [-0.15, -0.1) is 10.2 Å². The fourth-order valence-corrected chi connectivity index (χ4v) is 5.99. The van der Waals surface area contributed by atoms with E-state index in [4.69, 9.17) is 0 Å². The van der Waals surface area contributed by atoms with Crippen LogP contribution in [0.2, 0.25) is 0 Å². The zero-order valence-corrected chi connectivity index (χ0v) is 19.8. The molecular weight excluding hydrogens is 398 g/mol. The van der Waals surface area contributed by atoms with Gasteiger partial charge in [-0.25, -0.2) is 0 Å². The lowest BCUT2D eigenvalue weighted by molar-refractivity contribution is -0.119. The number of carbonyl (C=O) groups is 1. The number of rotatable bonds is 8. The topological polar surface area (TPSA) is 54.3 Å². The van der Waals surface area contributed by atoms with Crippen LogP contribution in [0.25, 0.3) is 0 Å². The van der Waals surface area contributed by atoms with Gasteiger partial charge in [-0.3, -0.25) is 9.69 Å². The second-order valence-electron chi connectivity index (χ2n) is 10.3. The molecule has 6 nitrogen and oxygen atoms in total. The van der Waals surface area contributed by atoms with Gasteiger partial charge in [-0.2, -0.15) is 0 Å². The highest BCUT2D eigenvalue weighted by Crippen LogP contribution is 2.42. The first-order chi connectivity index (χ1) is 15.5. The molecule has 0 radical (unpaired) electrons. The maximum Gasteiger partial charge on any atom is 0.230 e. The zero-order chi connectivity index (χ0) is 22.2. The Morgan fingerprint density at radius 3 is 2.34 bits per heavy atom. The van der Waals surface area contributed by atoms with Crippen LogP contribution in [-0.4, -0.2) is 50.7 Å². The molecule has 0 N–H and O–H groups in total. The van der Waals surface area contributed by atoms with Crippen LogP contribution in [0.4, 0.5) is 5.69 Å². The van der Waals surface area contributed by atoms with Crippen molar-refractivity contribution in [3.8, 4) is 0 Å². The minimum absolute atomic E-state index is 0.254. The largest absolute Gasteiger partial charge is 0.312 e. The zero-order valence-electron chi connectivity index (χ0n) is 19.8. The van der Waals surface area contributed by atoms with E-state index < -0.39 is 0 Å². The predicted octanol–water partition coefficient (Wildman–Crippen LogP) is 4.71. The Morgan fingerprint density at radius 2 is 1.72 bits per heavy atom. The van der Waals surface area contributed by atoms with Crippen molar-refractivity contribution in [1.82, 2.24) is 19.7 Å². The number of para-hydroxylation sites is 1. The third kappa shape index (κ3) is 4.21. The van der Waals surface area contributed by atoms with Crippen LogP contribution in [0.3, 0.4) is 0 Å². The first-order valence-corrected chi connectivity index (χ1v) is 12.6. The summed E-state index contributed by atoms with van der Waals surface area (Å²) in [6, 6.07) is 12.0. The summed E-state index contributed by atoms with van der Waals surface area (Å²) in [4.78, 5) is 17.7. The lowest BCUT2D eigenvalue weighted by atomic mass is 9.96. The van der Waals surface area contributed by atoms with Crippen LogP contribution in [-0.2, 0) is 4.79 Å². The number of fused-ring (bicyclic) bond motifs is 2. The monoisotopic (exact) mass is 435 g/mol. The summed E-state index contributed by atoms with van der Waals surface area (Å²) in [6.45, 7) is 8.43. The molecule has 1 aromatic carbocycles. The lowest BCUT2D eigenvalue weighted by Crippen LogP contribution is -2.45. The molecule has 3 aliphatic rings. The Morgan fingerprint density at radius 1 is 1.03 bits per heavy atom. The van der Waals surface area contributed by atoms with Gasteiger partial charge in [0.15, 0.2) is 0 Å². The van der Waals surface area contributed by atoms with Gasteiger partial charge in [0.25, 0.3) is 0 Å². The second kappa shape index (κ2) is 8.97. The molecule has 1 amide bonds. The number of hydrogen-bond donors (Lipinski definition) is 0. The summed E-state index contributed by atoms with van der Waals surface area (Å²) in [5.74, 6) is 3.17. The summed E-state index contributed by atoms with van der Waals surface area (Å²) in [5.41, 5.74) is 1.05. The van der Waals surface area contributed by atoms with Crippen molar-refractivity contribution in [2.45, 2.75) is 89.8 Å². The Labute approximate surface area is 192 Å². The molecule has 2 aromatic rings. The van der Waals surface area contributed by atoms with Gasteiger partial charge in [-0.1, -0.05) is 32.0 Å². The highest BCUT2D eigenvalue weighted by molar-refractivity contribution is 5.96. The van der Waals surface area contributed by atoms with Crippen molar-refractivity contribution in [3.63, 3.8) is 0 Å². The van der Waals surface area contributed by atoms with E-state index in [1.807, 2.05) is 23.1 Å². The molecule has 1 aliphatic carbocycles. The van der Waals surface area contributed by atoms with E-state index >= 15 is 0 Å². The minimum Gasteiger partial charge on any atom is -0.312 e. The smallest absolute Gasteiger partial charge is 0.230 e. The summed E-state index contributed by atoms with van der Waals surface area (Å²) >= 11 is 0. The second-order valence-corrected chi connectivity index (χ2v) is 10.3. The van der Waals surface area contributed by atoms with Gasteiger partial charge in [0, 0.05) is 48.7 Å². The Hall–Kier alpha value is -2.21. The number of hydrogen-bond acceptors (Lipinski definition) is 4. The Balaban J connectivity index is 1.22. The van der Waals surface area contributed by atoms with Gasteiger partial charge in [0.1, 0.15) is 11.6 Å². The van der Waals surface area contributed by atoms with E-state index in [0.717, 1.165) is 49.7 Å². The van der Waals surface area contributed by atoms with E-state index in [-0.39, 0.29) is 5.92 Å². The van der Waals surface area contributed by atoms with E-state index in [1.54, 1.807) is 0 Å². The van der Waals surface area contributed by atoms with E-state index in [2.05, 4.69) is 52.6 Å². The fourth-order valence-electron chi connectivity index (χ4n) is 5.99. The average Bonchev–Trinajstić information content (AvgIpc) is 3.52. The molecule has 1 aromatic heterocycles. The molecule has 5 rings (SSSR count). The molecular formula is C26H37N5O. The maximum atomic E-state index is 12.9. The molecule has 1 saturated carbocycles. The van der Waals surface area contributed by atoms with Crippen molar-refractivity contribution in [1.29, 1.82) is 0 Å². The van der Waals surface area contributed by atoms with Crippen LogP contribution in [0.1, 0.15) is 82.4 Å². The van der Waals surface area contributed by atoms with Crippen LogP contribution in [0.5, 0.6) is 0 Å². The summed E-state index contributed by atoms with van der Waals surface area (Å²) in [7, 11) is 0. The van der Waals surface area contributed by atoms with E-state index in [1.165, 1.54) is 25.7 Å². The quantitative estimate of drug-likeness (QED) is 0.602. The first-order valence-electron chi connectivity index (χ1n) is 12.6. The third-order valence-corrected chi connectivity index (χ3v) is 7.69. The standard InChI is InChI=1S/C26H37N5O/c1-18(2)25-28-27-19(3)31(25)24-16-22-12-13-23(17-24)29(22)14-7-15-30(26(32)20-10-11-20)21-8-5-4-6-9-21/h4-6,8-9,18,20,22-24H,7,10-17H2,1-3H3/t22-,23-/m1/s1. The van der Waals surface area contributed by atoms with Crippen molar-refractivity contribution >= 4 is 11.6 Å². The summed E-state index contributed by atoms with van der Waals surface area (Å²) in [5, 5.41) is 8.87. The highest BCUT2D eigenvalue weighted by atomic mass is 16.2. The van der Waals surface area contributed by atoms with E-state index in [9.17, 15) is 4.79 Å². The van der Waals surface area contributed by atoms with Crippen molar-refractivity contribution in [2.75, 3.05) is 18.0 Å². The molecule has 6 heteroatoms. The molecule has 172 valence electrons. The van der Waals surface area contributed by atoms with Crippen LogP contribution in [0.15, 0.2) is 30.3 Å². The summed E-state index contributed by atoms with van der Waals surface area (Å²) in [6.07, 6.45) is 8.12. The molecule has 2 saturated heterocycles. The maximum absolute atomic E-state index is 12.9. The van der Waals surface area contributed by atoms with Crippen molar-refractivity contribution in [3.05, 3.63) is 42.0 Å². The van der Waals surface area contributed by atoms with Crippen LogP contribution >= 0.6 is 0 Å². The van der Waals surface area contributed by atoms with Gasteiger partial charge in [0.2, 0.25) is 5.91 Å². The number of aromatic nitrogens is 3. The van der Waals surface area contributed by atoms with Gasteiger partial charge >= 0.3 is 0 Å². The molecule has 3 heterocycles. The lowest BCUT2D eigenvalue weighted by Gasteiger charge is -2.40. The number of aryl methyl sites for hydroxylation is 1. The number of benzene rings is 1. The molecule has 2 aliphatic heterocycles. The van der Waals surface area contributed by atoms with Crippen LogP contribution in [0, 0.1) is 12.8 Å². The fraction of sp³-hybridized carbons (Fsp3) is 0.654. The predicted molar refractivity (Wildman–Crippen MR) is 127 cm³/mol. The van der Waals surface area contributed by atoms with Gasteiger partial charge in [-0.05, 0) is 64.0 Å². The Kier molecular flexibility index (Phi) is 6.06. The SMILES string of the molecule is Cc1nnc(C(C)C)n1C1C[C@H]2CC[C@H](C1)N2CCCN(C(=O)C1CC1)c1ccccc1.